The number of pyridine rings is 1. The number of phenolic OH excluding ortho intramolecular Hbond substituents is 1. The lowest BCUT2D eigenvalue weighted by atomic mass is 9.93. The van der Waals surface area contributed by atoms with Crippen molar-refractivity contribution in [3.05, 3.63) is 131 Å². The van der Waals surface area contributed by atoms with E-state index < -0.39 is 11.5 Å². The van der Waals surface area contributed by atoms with E-state index in [2.05, 4.69) is 20.6 Å². The number of carbonyl (C=O) groups excluding carboxylic acids is 2. The molecule has 0 saturated carbocycles. The number of aliphatic hydroxyl groups is 1. The highest BCUT2D eigenvalue weighted by Gasteiger charge is 2.34. The van der Waals surface area contributed by atoms with E-state index >= 15 is 0 Å². The summed E-state index contributed by atoms with van der Waals surface area (Å²) in [6.45, 7) is 4.29. The van der Waals surface area contributed by atoms with Gasteiger partial charge in [-0.1, -0.05) is 42.5 Å². The Balaban J connectivity index is 1.33. The lowest BCUT2D eigenvalue weighted by Crippen LogP contribution is -2.45. The number of benzene rings is 3. The van der Waals surface area contributed by atoms with E-state index in [9.17, 15) is 24.2 Å². The molecule has 0 aliphatic carbocycles. The maximum atomic E-state index is 13.9. The predicted molar refractivity (Wildman–Crippen MR) is 183 cm³/mol. The molecule has 0 radical (unpaired) electrons. The summed E-state index contributed by atoms with van der Waals surface area (Å²) in [5, 5.41) is 27.0. The molecule has 48 heavy (non-hydrogen) atoms. The van der Waals surface area contributed by atoms with E-state index in [0.29, 0.717) is 30.6 Å². The average molecular weight is 648 g/mol. The van der Waals surface area contributed by atoms with Crippen molar-refractivity contribution >= 4 is 23.2 Å². The third-order valence-corrected chi connectivity index (χ3v) is 8.39. The van der Waals surface area contributed by atoms with Crippen molar-refractivity contribution in [3.63, 3.8) is 0 Å². The van der Waals surface area contributed by atoms with Gasteiger partial charge in [0, 0.05) is 60.8 Å². The molecule has 0 spiro atoms. The zero-order valence-corrected chi connectivity index (χ0v) is 26.8. The minimum absolute atomic E-state index is 0.113. The van der Waals surface area contributed by atoms with E-state index in [0.717, 1.165) is 33.9 Å². The minimum Gasteiger partial charge on any atom is -0.507 e. The summed E-state index contributed by atoms with van der Waals surface area (Å²) in [6.07, 6.45) is 2.73. The van der Waals surface area contributed by atoms with Crippen LogP contribution in [0.15, 0.2) is 97.2 Å². The lowest BCUT2D eigenvalue weighted by molar-refractivity contribution is 0.0288. The summed E-state index contributed by atoms with van der Waals surface area (Å²) >= 11 is 0. The number of phenols is 1. The van der Waals surface area contributed by atoms with Gasteiger partial charge in [0.15, 0.2) is 0 Å². The van der Waals surface area contributed by atoms with Crippen LogP contribution in [-0.4, -0.2) is 62.1 Å². The van der Waals surface area contributed by atoms with Crippen molar-refractivity contribution in [2.75, 3.05) is 25.0 Å². The second-order valence-electron chi connectivity index (χ2n) is 12.7. The van der Waals surface area contributed by atoms with E-state index in [4.69, 9.17) is 0 Å². The van der Waals surface area contributed by atoms with Crippen LogP contribution in [0.2, 0.25) is 0 Å². The fourth-order valence-corrected chi connectivity index (χ4v) is 6.12. The molecule has 1 unspecified atom stereocenters. The Hall–Kier alpha value is -5.48. The second-order valence-corrected chi connectivity index (χ2v) is 12.7. The molecule has 1 aliphatic rings. The molecular weight excluding hydrogens is 609 g/mol. The first kappa shape index (κ1) is 32.5. The fraction of sp³-hybridized carbons (Fsp3) is 0.237. The molecule has 5 aromatic rings. The SMILES string of the molecule is CC(C)(O)CN1CCc2[nH]c(-c3ccnc(CC(CNC(=O)c4ccccc4O)c4ccc(F)cc4)c3)c(Nc3ccccc3)c2C1=O. The van der Waals surface area contributed by atoms with Crippen LogP contribution < -0.4 is 10.6 Å². The summed E-state index contributed by atoms with van der Waals surface area (Å²) in [5.41, 5.74) is 5.04. The third-order valence-electron chi connectivity index (χ3n) is 8.39. The summed E-state index contributed by atoms with van der Waals surface area (Å²) in [4.78, 5) is 36.7. The van der Waals surface area contributed by atoms with E-state index in [-0.39, 0.29) is 42.0 Å². The average Bonchev–Trinajstić information content (AvgIpc) is 3.43. The van der Waals surface area contributed by atoms with Crippen LogP contribution in [0.25, 0.3) is 11.3 Å². The fourth-order valence-electron chi connectivity index (χ4n) is 6.12. The van der Waals surface area contributed by atoms with Crippen LogP contribution >= 0.6 is 0 Å². The standard InChI is InChI=1S/C38H38FN5O4/c1-38(2,48)23-44-19-17-31-33(37(44)47)35(42-28-8-4-3-5-9-28)34(43-31)25-16-18-40-29(20-25)21-26(24-12-14-27(39)15-13-24)22-41-36(46)30-10-6-7-11-32(30)45/h3-16,18,20,26,42-43,45,48H,17,19,21-23H2,1-2H3,(H,41,46). The van der Waals surface area contributed by atoms with E-state index in [1.165, 1.54) is 18.2 Å². The number of carbonyl (C=O) groups is 2. The Morgan fingerprint density at radius 3 is 2.50 bits per heavy atom. The highest BCUT2D eigenvalue weighted by molar-refractivity contribution is 6.06. The number of aromatic nitrogens is 2. The first-order valence-corrected chi connectivity index (χ1v) is 15.9. The van der Waals surface area contributed by atoms with Crippen LogP contribution in [0, 0.1) is 5.82 Å². The molecule has 10 heteroatoms. The molecule has 0 saturated heterocycles. The van der Waals surface area contributed by atoms with Crippen molar-refractivity contribution in [3.8, 4) is 17.0 Å². The highest BCUT2D eigenvalue weighted by atomic mass is 19.1. The van der Waals surface area contributed by atoms with Gasteiger partial charge in [-0.25, -0.2) is 4.39 Å². The zero-order valence-electron chi connectivity index (χ0n) is 26.8. The third kappa shape index (κ3) is 7.39. The number of nitrogens with zero attached hydrogens (tertiary/aromatic N) is 2. The van der Waals surface area contributed by atoms with Gasteiger partial charge in [0.1, 0.15) is 11.6 Å². The van der Waals surface area contributed by atoms with Crippen LogP contribution in [0.4, 0.5) is 15.8 Å². The van der Waals surface area contributed by atoms with Gasteiger partial charge in [0.25, 0.3) is 11.8 Å². The van der Waals surface area contributed by atoms with Gasteiger partial charge in [-0.15, -0.1) is 0 Å². The number of hydrogen-bond acceptors (Lipinski definition) is 6. The van der Waals surface area contributed by atoms with Crippen molar-refractivity contribution in [2.24, 2.45) is 0 Å². The normalized spacial score (nSPS) is 13.6. The van der Waals surface area contributed by atoms with Gasteiger partial charge in [-0.05, 0) is 74.4 Å². The minimum atomic E-state index is -1.04. The number of β-amino-alcohol motifs (C(OH)–C–C–N with tert-alkyl or cyclic N) is 1. The van der Waals surface area contributed by atoms with Gasteiger partial charge in [0.2, 0.25) is 0 Å². The van der Waals surface area contributed by atoms with Gasteiger partial charge in [-0.2, -0.15) is 0 Å². The highest BCUT2D eigenvalue weighted by Crippen LogP contribution is 2.38. The number of H-pyrrole nitrogens is 1. The van der Waals surface area contributed by atoms with Gasteiger partial charge >= 0.3 is 0 Å². The van der Waals surface area contributed by atoms with Crippen molar-refractivity contribution < 1.29 is 24.2 Å². The molecule has 1 atom stereocenters. The Bertz CT molecular complexity index is 1920. The van der Waals surface area contributed by atoms with Gasteiger partial charge < -0.3 is 30.7 Å². The molecule has 2 aromatic heterocycles. The van der Waals surface area contributed by atoms with Crippen molar-refractivity contribution in [1.82, 2.24) is 20.2 Å². The maximum Gasteiger partial charge on any atom is 0.257 e. The largest absolute Gasteiger partial charge is 0.507 e. The number of anilines is 2. The van der Waals surface area contributed by atoms with Gasteiger partial charge in [-0.3, -0.25) is 14.6 Å². The Labute approximate surface area is 278 Å². The smallest absolute Gasteiger partial charge is 0.257 e. The molecule has 3 aromatic carbocycles. The summed E-state index contributed by atoms with van der Waals surface area (Å²) in [7, 11) is 0. The summed E-state index contributed by atoms with van der Waals surface area (Å²) in [6, 6.07) is 26.0. The number of nitrogens with one attached hydrogen (secondary N) is 3. The summed E-state index contributed by atoms with van der Waals surface area (Å²) in [5.74, 6) is -1.32. The van der Waals surface area contributed by atoms with Crippen LogP contribution in [0.3, 0.4) is 0 Å². The topological polar surface area (TPSA) is 131 Å². The van der Waals surface area contributed by atoms with Crippen LogP contribution in [0.1, 0.15) is 57.4 Å². The Morgan fingerprint density at radius 2 is 1.77 bits per heavy atom. The monoisotopic (exact) mass is 647 g/mol. The van der Waals surface area contributed by atoms with Crippen LogP contribution in [0.5, 0.6) is 5.75 Å². The molecule has 0 fully saturated rings. The molecule has 3 heterocycles. The number of aromatic hydroxyl groups is 1. The zero-order chi connectivity index (χ0) is 33.8. The second kappa shape index (κ2) is 13.7. The number of para-hydroxylation sites is 2. The van der Waals surface area contributed by atoms with Crippen LogP contribution in [-0.2, 0) is 12.8 Å². The molecule has 0 bridgehead atoms. The predicted octanol–water partition coefficient (Wildman–Crippen LogP) is 6.19. The lowest BCUT2D eigenvalue weighted by Gasteiger charge is -2.32. The molecule has 1 aliphatic heterocycles. The van der Waals surface area contributed by atoms with Crippen molar-refractivity contribution in [1.29, 1.82) is 0 Å². The number of aromatic amines is 1. The molecule has 2 amide bonds. The molecular formula is C38H38FN5O4. The number of amides is 2. The maximum absolute atomic E-state index is 13.9. The van der Waals surface area contributed by atoms with E-state index in [1.807, 2.05) is 42.5 Å². The van der Waals surface area contributed by atoms with Gasteiger partial charge in [0.05, 0.1) is 28.1 Å². The Morgan fingerprint density at radius 1 is 1.04 bits per heavy atom. The molecule has 246 valence electrons. The summed E-state index contributed by atoms with van der Waals surface area (Å²) < 4.78 is 13.9. The number of rotatable bonds is 11. The molecule has 6 rings (SSSR count). The van der Waals surface area contributed by atoms with Crippen molar-refractivity contribution in [2.45, 2.75) is 38.2 Å². The molecule has 9 nitrogen and oxygen atoms in total. The molecule has 5 N–H and O–H groups in total. The van der Waals surface area contributed by atoms with E-state index in [1.54, 1.807) is 55.3 Å². The first-order valence-electron chi connectivity index (χ1n) is 15.9. The number of hydrogen-bond donors (Lipinski definition) is 5. The number of halogens is 1. The first-order chi connectivity index (χ1) is 23.1. The Kier molecular flexibility index (Phi) is 9.27. The number of fused-ring (bicyclic) bond motifs is 1. The quantitative estimate of drug-likeness (QED) is 0.116.